The number of anilines is 1. The SMILES string of the molecule is Cl.[2H]C([2H])([2H])N1C(C(N)=O)C[C@]2(C(=O)Nc3ccc(C#N)cc32)C1C(=O)[C@@H](N)CC(C)C. The molecule has 2 unspecified atom stereocenters. The number of nitriles is 1. The van der Waals surface area contributed by atoms with Crippen LogP contribution < -0.4 is 16.8 Å². The van der Waals surface area contributed by atoms with Gasteiger partial charge in [-0.15, -0.1) is 12.4 Å². The quantitative estimate of drug-likeness (QED) is 0.636. The molecule has 1 aromatic rings. The van der Waals surface area contributed by atoms with Gasteiger partial charge in [0, 0.05) is 9.80 Å². The lowest BCUT2D eigenvalue weighted by Gasteiger charge is -2.33. The van der Waals surface area contributed by atoms with E-state index in [2.05, 4.69) is 5.32 Å². The molecular weight excluding hydrogens is 394 g/mol. The molecule has 156 valence electrons. The molecule has 1 aromatic carbocycles. The summed E-state index contributed by atoms with van der Waals surface area (Å²) >= 11 is 0. The van der Waals surface area contributed by atoms with Crippen LogP contribution in [0.3, 0.4) is 0 Å². The number of nitrogens with zero attached hydrogens (tertiary/aromatic N) is 2. The maximum Gasteiger partial charge on any atom is 0.237 e. The van der Waals surface area contributed by atoms with Gasteiger partial charge in [0.25, 0.3) is 0 Å². The number of likely N-dealkylation sites (tertiary alicyclic amines) is 1. The Hall–Kier alpha value is -2.47. The van der Waals surface area contributed by atoms with Crippen LogP contribution >= 0.6 is 12.4 Å². The van der Waals surface area contributed by atoms with Crippen molar-refractivity contribution in [1.82, 2.24) is 4.90 Å². The van der Waals surface area contributed by atoms with Gasteiger partial charge in [-0.05, 0) is 49.5 Å². The number of amides is 2. The third kappa shape index (κ3) is 3.50. The molecule has 3 rings (SSSR count). The summed E-state index contributed by atoms with van der Waals surface area (Å²) in [6.45, 7) is 0.834. The minimum absolute atomic E-state index is 0. The zero-order valence-electron chi connectivity index (χ0n) is 19.1. The van der Waals surface area contributed by atoms with E-state index < -0.39 is 48.1 Å². The number of ketones is 1. The van der Waals surface area contributed by atoms with Crippen LogP contribution in [0.25, 0.3) is 0 Å². The molecule has 9 heteroatoms. The van der Waals surface area contributed by atoms with Crippen molar-refractivity contribution in [1.29, 1.82) is 5.26 Å². The maximum absolute atomic E-state index is 13.6. The Bertz CT molecular complexity index is 994. The van der Waals surface area contributed by atoms with Crippen molar-refractivity contribution < 1.29 is 18.5 Å². The Morgan fingerprint density at radius 2 is 2.17 bits per heavy atom. The Morgan fingerprint density at radius 3 is 2.72 bits per heavy atom. The largest absolute Gasteiger partial charge is 0.368 e. The molecular formula is C20H26ClN5O3. The van der Waals surface area contributed by atoms with Gasteiger partial charge in [-0.2, -0.15) is 5.26 Å². The van der Waals surface area contributed by atoms with E-state index in [4.69, 9.17) is 15.6 Å². The van der Waals surface area contributed by atoms with Crippen molar-refractivity contribution >= 4 is 35.7 Å². The summed E-state index contributed by atoms with van der Waals surface area (Å²) in [7, 11) is 0. The first-order valence-corrected chi connectivity index (χ1v) is 9.07. The summed E-state index contributed by atoms with van der Waals surface area (Å²) in [5.41, 5.74) is 10.8. The number of benzene rings is 1. The average molecular weight is 423 g/mol. The predicted octanol–water partition coefficient (Wildman–Crippen LogP) is 0.670. The number of likely N-dealkylation sites (N-methyl/N-ethyl adjacent to an activating group) is 1. The fourth-order valence-corrected chi connectivity index (χ4v) is 4.30. The lowest BCUT2D eigenvalue weighted by atomic mass is 9.71. The zero-order valence-corrected chi connectivity index (χ0v) is 17.0. The zero-order chi connectivity index (χ0) is 23.3. The van der Waals surface area contributed by atoms with Crippen molar-refractivity contribution in [2.45, 2.75) is 50.2 Å². The molecule has 0 aliphatic carbocycles. The lowest BCUT2D eigenvalue weighted by molar-refractivity contribution is -0.132. The molecule has 0 aromatic heterocycles. The number of fused-ring (bicyclic) bond motifs is 2. The minimum atomic E-state index is -2.89. The van der Waals surface area contributed by atoms with Crippen LogP contribution in [-0.2, 0) is 19.8 Å². The Kier molecular flexibility index (Phi) is 5.19. The van der Waals surface area contributed by atoms with Crippen LogP contribution in [0.15, 0.2) is 18.2 Å². The summed E-state index contributed by atoms with van der Waals surface area (Å²) in [6.07, 6.45) is -0.0343. The number of hydrogen-bond donors (Lipinski definition) is 3. The third-order valence-electron chi connectivity index (χ3n) is 5.57. The van der Waals surface area contributed by atoms with E-state index in [0.29, 0.717) is 11.3 Å². The van der Waals surface area contributed by atoms with E-state index in [-0.39, 0.29) is 36.7 Å². The molecule has 2 aliphatic rings. The fourth-order valence-electron chi connectivity index (χ4n) is 4.30. The Balaban J connectivity index is 0.00000363. The summed E-state index contributed by atoms with van der Waals surface area (Å²) in [4.78, 5) is 39.9. The van der Waals surface area contributed by atoms with Gasteiger partial charge in [0.05, 0.1) is 29.8 Å². The number of hydrogen-bond acceptors (Lipinski definition) is 6. The van der Waals surface area contributed by atoms with Gasteiger partial charge in [-0.1, -0.05) is 13.8 Å². The maximum atomic E-state index is 13.6. The van der Waals surface area contributed by atoms with Gasteiger partial charge in [0.2, 0.25) is 11.8 Å². The molecule has 0 radical (unpaired) electrons. The molecule has 1 saturated heterocycles. The van der Waals surface area contributed by atoms with E-state index in [1.165, 1.54) is 18.2 Å². The van der Waals surface area contributed by atoms with Crippen LogP contribution in [0.5, 0.6) is 0 Å². The third-order valence-corrected chi connectivity index (χ3v) is 5.57. The highest BCUT2D eigenvalue weighted by Gasteiger charge is 2.63. The van der Waals surface area contributed by atoms with Gasteiger partial charge >= 0.3 is 0 Å². The smallest absolute Gasteiger partial charge is 0.237 e. The fraction of sp³-hybridized carbons (Fsp3) is 0.500. The highest BCUT2D eigenvalue weighted by atomic mass is 35.5. The molecule has 1 spiro atoms. The molecule has 8 nitrogen and oxygen atoms in total. The van der Waals surface area contributed by atoms with Crippen LogP contribution in [0.2, 0.25) is 0 Å². The second-order valence-electron chi connectivity index (χ2n) is 7.87. The molecule has 2 amide bonds. The van der Waals surface area contributed by atoms with E-state index in [1.807, 2.05) is 19.9 Å². The first kappa shape index (κ1) is 18.6. The summed E-state index contributed by atoms with van der Waals surface area (Å²) in [5.74, 6) is -2.19. The molecule has 4 atom stereocenters. The molecule has 2 aliphatic heterocycles. The standard InChI is InChI=1S/C20H25N5O3.ClH/c1-10(2)6-13(22)16(26)17-20(8-15(18(23)27)25(17)3)12-7-11(9-21)4-5-14(12)24-19(20)28;/h4-5,7,10,13,15,17H,6,8,22H2,1-3H3,(H2,23,27)(H,24,28);1H/t13-,15?,17?,20+;/m0./s1/i3D3;. The average Bonchev–Trinajstić information content (AvgIpc) is 3.17. The van der Waals surface area contributed by atoms with E-state index in [1.54, 1.807) is 0 Å². The number of rotatable bonds is 5. The van der Waals surface area contributed by atoms with Crippen molar-refractivity contribution in [3.05, 3.63) is 29.3 Å². The van der Waals surface area contributed by atoms with Gasteiger partial charge in [-0.3, -0.25) is 19.3 Å². The summed E-state index contributed by atoms with van der Waals surface area (Å²) in [6, 6.07) is 2.47. The normalized spacial score (nSPS) is 28.5. The van der Waals surface area contributed by atoms with Crippen LogP contribution in [-0.4, -0.2) is 47.6 Å². The highest BCUT2D eigenvalue weighted by Crippen LogP contribution is 2.50. The van der Waals surface area contributed by atoms with Crippen LogP contribution in [0.1, 0.15) is 41.9 Å². The second-order valence-corrected chi connectivity index (χ2v) is 7.87. The van der Waals surface area contributed by atoms with Gasteiger partial charge in [0.15, 0.2) is 5.78 Å². The molecule has 0 saturated carbocycles. The number of nitrogens with one attached hydrogen (secondary N) is 1. The van der Waals surface area contributed by atoms with Crippen molar-refractivity contribution in [3.63, 3.8) is 0 Å². The first-order chi connectivity index (χ1) is 14.3. The second kappa shape index (κ2) is 8.11. The number of nitrogens with two attached hydrogens (primary N) is 2. The van der Waals surface area contributed by atoms with Gasteiger partial charge in [-0.25, -0.2) is 0 Å². The number of halogens is 1. The number of primary amides is 1. The van der Waals surface area contributed by atoms with E-state index >= 15 is 0 Å². The molecule has 2 heterocycles. The Morgan fingerprint density at radius 1 is 1.48 bits per heavy atom. The van der Waals surface area contributed by atoms with E-state index in [9.17, 15) is 19.6 Å². The molecule has 0 bridgehead atoms. The van der Waals surface area contributed by atoms with Gasteiger partial charge in [0.1, 0.15) is 5.41 Å². The molecule has 5 N–H and O–H groups in total. The van der Waals surface area contributed by atoms with Crippen molar-refractivity contribution in [2.24, 2.45) is 17.4 Å². The van der Waals surface area contributed by atoms with Crippen molar-refractivity contribution in [3.8, 4) is 6.07 Å². The number of carbonyl (C=O) groups is 3. The molecule has 1 fully saturated rings. The topological polar surface area (TPSA) is 142 Å². The van der Waals surface area contributed by atoms with Crippen molar-refractivity contribution in [2.75, 3.05) is 12.3 Å². The molecule has 29 heavy (non-hydrogen) atoms. The summed E-state index contributed by atoms with van der Waals surface area (Å²) in [5, 5.41) is 12.0. The lowest BCUT2D eigenvalue weighted by Crippen LogP contribution is -2.56. The Labute approximate surface area is 180 Å². The predicted molar refractivity (Wildman–Crippen MR) is 110 cm³/mol. The number of carbonyl (C=O) groups excluding carboxylic acids is 3. The first-order valence-electron chi connectivity index (χ1n) is 10.6. The summed E-state index contributed by atoms with van der Waals surface area (Å²) < 4.78 is 24.0. The minimum Gasteiger partial charge on any atom is -0.368 e. The van der Waals surface area contributed by atoms with E-state index in [0.717, 1.165) is 4.90 Å². The van der Waals surface area contributed by atoms with Gasteiger partial charge < -0.3 is 16.8 Å². The van der Waals surface area contributed by atoms with Crippen LogP contribution in [0, 0.1) is 17.2 Å². The highest BCUT2D eigenvalue weighted by molar-refractivity contribution is 6.12. The number of Topliss-reactive ketones (excluding diaryl/α,β-unsaturated/α-hetero) is 1. The van der Waals surface area contributed by atoms with Crippen LogP contribution in [0.4, 0.5) is 5.69 Å². The monoisotopic (exact) mass is 422 g/mol.